The summed E-state index contributed by atoms with van der Waals surface area (Å²) in [5.74, 6) is 0.675. The first-order chi connectivity index (χ1) is 12.7. The Balaban J connectivity index is 1.48. The molecule has 0 saturated carbocycles. The molecule has 5 nitrogen and oxygen atoms in total. The maximum absolute atomic E-state index is 10.9. The minimum Gasteiger partial charge on any atom is -0.380 e. The summed E-state index contributed by atoms with van der Waals surface area (Å²) in [4.78, 5) is 10.6. The van der Waals surface area contributed by atoms with E-state index in [1.54, 1.807) is 6.20 Å². The highest BCUT2D eigenvalue weighted by atomic mass is 32.1. The molecule has 0 bridgehead atoms. The highest BCUT2D eigenvalue weighted by Crippen LogP contribution is 2.30. The third-order valence-corrected chi connectivity index (χ3v) is 5.87. The van der Waals surface area contributed by atoms with E-state index in [0.29, 0.717) is 5.82 Å². The van der Waals surface area contributed by atoms with Crippen molar-refractivity contribution in [2.24, 2.45) is 7.05 Å². The van der Waals surface area contributed by atoms with E-state index in [2.05, 4.69) is 38.4 Å². The van der Waals surface area contributed by atoms with Crippen LogP contribution in [0, 0.1) is 0 Å². The van der Waals surface area contributed by atoms with Gasteiger partial charge in [-0.25, -0.2) is 4.98 Å². The number of hydrogen-bond donors (Lipinski definition) is 1. The summed E-state index contributed by atoms with van der Waals surface area (Å²) in [7, 11) is 1.91. The maximum atomic E-state index is 10.9. The van der Waals surface area contributed by atoms with Crippen LogP contribution in [0.2, 0.25) is 0 Å². The van der Waals surface area contributed by atoms with Crippen molar-refractivity contribution < 1.29 is 5.11 Å². The van der Waals surface area contributed by atoms with Crippen molar-refractivity contribution in [1.29, 1.82) is 0 Å². The molecule has 26 heavy (non-hydrogen) atoms. The highest BCUT2D eigenvalue weighted by Gasteiger charge is 2.24. The standard InChI is InChI=1S/C20H24N4OS/c1-22-9-8-21-20(22)19(25)17-6-2-3-7-18(17)24-12-10-23(11-13-24)15-16-5-4-14-26-16/h2-9,14,19,25H,10-13,15H2,1H3/t19-/m1/s1. The lowest BCUT2D eigenvalue weighted by Crippen LogP contribution is -2.46. The van der Waals surface area contributed by atoms with Gasteiger partial charge in [0.25, 0.3) is 0 Å². The van der Waals surface area contributed by atoms with Crippen molar-refractivity contribution in [1.82, 2.24) is 14.5 Å². The van der Waals surface area contributed by atoms with Gasteiger partial charge in [-0.3, -0.25) is 4.90 Å². The van der Waals surface area contributed by atoms with Crippen LogP contribution in [-0.4, -0.2) is 45.7 Å². The second kappa shape index (κ2) is 7.61. The van der Waals surface area contributed by atoms with E-state index in [1.807, 2.05) is 47.3 Å². The first-order valence-electron chi connectivity index (χ1n) is 8.96. The first-order valence-corrected chi connectivity index (χ1v) is 9.84. The summed E-state index contributed by atoms with van der Waals surface area (Å²) in [5.41, 5.74) is 2.03. The van der Waals surface area contributed by atoms with Crippen LogP contribution in [0.5, 0.6) is 0 Å². The summed E-state index contributed by atoms with van der Waals surface area (Å²) in [6.45, 7) is 5.03. The van der Waals surface area contributed by atoms with Gasteiger partial charge in [-0.15, -0.1) is 11.3 Å². The summed E-state index contributed by atoms with van der Waals surface area (Å²) in [5, 5.41) is 13.0. The Morgan fingerprint density at radius 3 is 2.62 bits per heavy atom. The van der Waals surface area contributed by atoms with Crippen LogP contribution in [-0.2, 0) is 13.6 Å². The van der Waals surface area contributed by atoms with Crippen molar-refractivity contribution in [3.8, 4) is 0 Å². The molecule has 6 heteroatoms. The fourth-order valence-electron chi connectivity index (χ4n) is 3.56. The number of aliphatic hydroxyl groups is 1. The Labute approximate surface area is 158 Å². The molecule has 1 aromatic carbocycles. The predicted molar refractivity (Wildman–Crippen MR) is 106 cm³/mol. The Morgan fingerprint density at radius 1 is 1.12 bits per heavy atom. The number of imidazole rings is 1. The number of aromatic nitrogens is 2. The second-order valence-electron chi connectivity index (χ2n) is 6.70. The number of aryl methyl sites for hydroxylation is 1. The fraction of sp³-hybridized carbons (Fsp3) is 0.350. The van der Waals surface area contributed by atoms with E-state index < -0.39 is 6.10 Å². The zero-order chi connectivity index (χ0) is 17.9. The number of hydrogen-bond acceptors (Lipinski definition) is 5. The molecule has 1 saturated heterocycles. The number of anilines is 1. The van der Waals surface area contributed by atoms with Gasteiger partial charge in [0, 0.05) is 68.3 Å². The van der Waals surface area contributed by atoms with E-state index in [4.69, 9.17) is 0 Å². The molecule has 3 heterocycles. The van der Waals surface area contributed by atoms with Crippen molar-refractivity contribution in [2.75, 3.05) is 31.1 Å². The topological polar surface area (TPSA) is 44.5 Å². The van der Waals surface area contributed by atoms with Gasteiger partial charge in [-0.05, 0) is 17.5 Å². The third-order valence-electron chi connectivity index (χ3n) is 5.01. The summed E-state index contributed by atoms with van der Waals surface area (Å²) in [6, 6.07) is 12.5. The zero-order valence-corrected chi connectivity index (χ0v) is 15.8. The molecule has 1 fully saturated rings. The van der Waals surface area contributed by atoms with Crippen LogP contribution in [0.1, 0.15) is 22.4 Å². The molecular formula is C20H24N4OS. The molecular weight excluding hydrogens is 344 g/mol. The lowest BCUT2D eigenvalue weighted by molar-refractivity contribution is 0.205. The second-order valence-corrected chi connectivity index (χ2v) is 7.73. The molecule has 0 radical (unpaired) electrons. The van der Waals surface area contributed by atoms with Crippen molar-refractivity contribution in [3.05, 3.63) is 70.4 Å². The minimum absolute atomic E-state index is 0.675. The third kappa shape index (κ3) is 3.53. The monoisotopic (exact) mass is 368 g/mol. The zero-order valence-electron chi connectivity index (χ0n) is 15.0. The van der Waals surface area contributed by atoms with Crippen LogP contribution in [0.3, 0.4) is 0 Å². The van der Waals surface area contributed by atoms with Crippen LogP contribution in [0.15, 0.2) is 54.2 Å². The SMILES string of the molecule is Cn1ccnc1[C@H](O)c1ccccc1N1CCN(Cc2cccs2)CC1. The van der Waals surface area contributed by atoms with Crippen LogP contribution in [0.4, 0.5) is 5.69 Å². The van der Waals surface area contributed by atoms with Crippen LogP contribution >= 0.6 is 11.3 Å². The Kier molecular flexibility index (Phi) is 5.06. The largest absolute Gasteiger partial charge is 0.380 e. The van der Waals surface area contributed by atoms with Gasteiger partial charge < -0.3 is 14.6 Å². The van der Waals surface area contributed by atoms with Gasteiger partial charge in [-0.2, -0.15) is 0 Å². The van der Waals surface area contributed by atoms with Crippen molar-refractivity contribution in [3.63, 3.8) is 0 Å². The lowest BCUT2D eigenvalue weighted by atomic mass is 10.0. The molecule has 1 aliphatic heterocycles. The molecule has 0 aliphatic carbocycles. The van der Waals surface area contributed by atoms with Crippen molar-refractivity contribution >= 4 is 17.0 Å². The molecule has 4 rings (SSSR count). The Hall–Kier alpha value is -2.15. The van der Waals surface area contributed by atoms with Gasteiger partial charge in [0.1, 0.15) is 11.9 Å². The number of thiophene rings is 1. The molecule has 136 valence electrons. The average Bonchev–Trinajstić information content (AvgIpc) is 3.33. The van der Waals surface area contributed by atoms with E-state index in [0.717, 1.165) is 44.0 Å². The smallest absolute Gasteiger partial charge is 0.142 e. The number of rotatable bonds is 5. The van der Waals surface area contributed by atoms with E-state index in [9.17, 15) is 5.11 Å². The Morgan fingerprint density at radius 2 is 1.92 bits per heavy atom. The van der Waals surface area contributed by atoms with Crippen LogP contribution in [0.25, 0.3) is 0 Å². The Bertz CT molecular complexity index is 837. The van der Waals surface area contributed by atoms with Gasteiger partial charge in [0.15, 0.2) is 0 Å². The summed E-state index contributed by atoms with van der Waals surface area (Å²) in [6.07, 6.45) is 2.88. The van der Waals surface area contributed by atoms with Gasteiger partial charge in [0.05, 0.1) is 0 Å². The average molecular weight is 369 g/mol. The molecule has 3 aromatic rings. The van der Waals surface area contributed by atoms with Crippen LogP contribution < -0.4 is 4.90 Å². The molecule has 2 aromatic heterocycles. The predicted octanol–water partition coefficient (Wildman–Crippen LogP) is 2.89. The van der Waals surface area contributed by atoms with Gasteiger partial charge in [0.2, 0.25) is 0 Å². The van der Waals surface area contributed by atoms with E-state index >= 15 is 0 Å². The fourth-order valence-corrected chi connectivity index (χ4v) is 4.30. The number of nitrogens with zero attached hydrogens (tertiary/aromatic N) is 4. The highest BCUT2D eigenvalue weighted by molar-refractivity contribution is 7.09. The van der Waals surface area contributed by atoms with E-state index in [1.165, 1.54) is 4.88 Å². The van der Waals surface area contributed by atoms with E-state index in [-0.39, 0.29) is 0 Å². The first kappa shape index (κ1) is 17.3. The normalized spacial score (nSPS) is 16.8. The quantitative estimate of drug-likeness (QED) is 0.752. The summed E-state index contributed by atoms with van der Waals surface area (Å²) >= 11 is 1.82. The maximum Gasteiger partial charge on any atom is 0.142 e. The molecule has 0 amide bonds. The molecule has 1 aliphatic rings. The number of piperazine rings is 1. The number of para-hydroxylation sites is 1. The van der Waals surface area contributed by atoms with Gasteiger partial charge in [-0.1, -0.05) is 24.3 Å². The molecule has 0 unspecified atom stereocenters. The van der Waals surface area contributed by atoms with Crippen molar-refractivity contribution in [2.45, 2.75) is 12.6 Å². The summed E-state index contributed by atoms with van der Waals surface area (Å²) < 4.78 is 1.88. The lowest BCUT2D eigenvalue weighted by Gasteiger charge is -2.37. The number of benzene rings is 1. The molecule has 1 N–H and O–H groups in total. The number of aliphatic hydroxyl groups excluding tert-OH is 1. The molecule has 1 atom stereocenters. The van der Waals surface area contributed by atoms with Gasteiger partial charge >= 0.3 is 0 Å². The molecule has 0 spiro atoms. The minimum atomic E-state index is -0.713.